The van der Waals surface area contributed by atoms with Crippen molar-refractivity contribution in [3.05, 3.63) is 52.7 Å². The lowest BCUT2D eigenvalue weighted by Crippen LogP contribution is -2.28. The minimum atomic E-state index is -0.295. The number of amides is 2. The highest BCUT2D eigenvalue weighted by atomic mass is 32.1. The average Bonchev–Trinajstić information content (AvgIpc) is 3.23. The fourth-order valence-electron chi connectivity index (χ4n) is 2.34. The Hall–Kier alpha value is -2.80. The molecular formula is C18H19N3O3S. The summed E-state index contributed by atoms with van der Waals surface area (Å²) in [4.78, 5) is 17.7. The van der Waals surface area contributed by atoms with Gasteiger partial charge in [0.05, 0.1) is 31.3 Å². The summed E-state index contributed by atoms with van der Waals surface area (Å²) >= 11 is 1.50. The fraction of sp³-hybridized carbons (Fsp3) is 0.222. The molecule has 2 amide bonds. The van der Waals surface area contributed by atoms with Gasteiger partial charge in [0.1, 0.15) is 5.75 Å². The number of nitrogens with one attached hydrogen (secondary N) is 2. The smallest absolute Gasteiger partial charge is 0.319 e. The molecule has 3 rings (SSSR count). The minimum absolute atomic E-state index is 0.295. The van der Waals surface area contributed by atoms with E-state index in [4.69, 9.17) is 9.15 Å². The molecule has 0 unspecified atom stereocenters. The number of nitrogens with zero attached hydrogens (tertiary/aromatic N) is 1. The molecule has 2 N–H and O–H groups in total. The van der Waals surface area contributed by atoms with Crippen molar-refractivity contribution < 1.29 is 13.9 Å². The third-order valence-corrected chi connectivity index (χ3v) is 4.81. The number of anilines is 1. The Morgan fingerprint density at radius 3 is 2.88 bits per heavy atom. The van der Waals surface area contributed by atoms with Crippen LogP contribution in [-0.4, -0.2) is 18.1 Å². The van der Waals surface area contributed by atoms with Crippen LogP contribution >= 0.6 is 11.3 Å². The van der Waals surface area contributed by atoms with Crippen LogP contribution < -0.4 is 15.4 Å². The summed E-state index contributed by atoms with van der Waals surface area (Å²) in [5.41, 5.74) is 2.56. The van der Waals surface area contributed by atoms with Crippen molar-refractivity contribution in [1.82, 2.24) is 10.3 Å². The lowest BCUT2D eigenvalue weighted by atomic mass is 10.2. The number of thiazole rings is 1. The second-order valence-corrected chi connectivity index (χ2v) is 6.60. The quantitative estimate of drug-likeness (QED) is 0.712. The molecule has 0 bridgehead atoms. The van der Waals surface area contributed by atoms with Gasteiger partial charge in [-0.1, -0.05) is 6.07 Å². The topological polar surface area (TPSA) is 76.4 Å². The van der Waals surface area contributed by atoms with Crippen LogP contribution in [0.25, 0.3) is 10.8 Å². The molecule has 3 aromatic rings. The van der Waals surface area contributed by atoms with Gasteiger partial charge >= 0.3 is 6.03 Å². The third kappa shape index (κ3) is 4.00. The molecule has 6 nitrogen and oxygen atoms in total. The third-order valence-electron chi connectivity index (χ3n) is 3.64. The maximum Gasteiger partial charge on any atom is 0.319 e. The van der Waals surface area contributed by atoms with Crippen LogP contribution in [0.15, 0.2) is 41.0 Å². The highest BCUT2D eigenvalue weighted by molar-refractivity contribution is 7.15. The summed E-state index contributed by atoms with van der Waals surface area (Å²) in [6.07, 6.45) is 1.62. The van der Waals surface area contributed by atoms with E-state index in [0.29, 0.717) is 18.0 Å². The molecular weight excluding hydrogens is 338 g/mol. The summed E-state index contributed by atoms with van der Waals surface area (Å²) in [6, 6.07) is 9.02. The van der Waals surface area contributed by atoms with Crippen molar-refractivity contribution in [1.29, 1.82) is 0 Å². The zero-order valence-electron chi connectivity index (χ0n) is 14.3. The Labute approximate surface area is 149 Å². The number of hydrogen-bond donors (Lipinski definition) is 2. The number of hydrogen-bond acceptors (Lipinski definition) is 5. The minimum Gasteiger partial charge on any atom is -0.495 e. The number of methoxy groups -OCH3 is 1. The molecule has 0 aliphatic carbocycles. The number of urea groups is 1. The van der Waals surface area contributed by atoms with Crippen molar-refractivity contribution in [2.75, 3.05) is 12.4 Å². The maximum absolute atomic E-state index is 12.2. The van der Waals surface area contributed by atoms with Gasteiger partial charge in [-0.05, 0) is 43.7 Å². The molecule has 2 aromatic heterocycles. The van der Waals surface area contributed by atoms with Gasteiger partial charge in [0.15, 0.2) is 10.8 Å². The van der Waals surface area contributed by atoms with Crippen LogP contribution in [0.4, 0.5) is 10.5 Å². The van der Waals surface area contributed by atoms with E-state index in [1.165, 1.54) is 11.3 Å². The Bertz CT molecular complexity index is 872. The standard InChI is InChI=1S/C18H19N3O3S/c1-11-6-7-14(23-3)13(9-11)21-18(22)19-10-16-12(2)20-17(25-16)15-5-4-8-24-15/h4-9H,10H2,1-3H3,(H2,19,21,22). The van der Waals surface area contributed by atoms with Crippen molar-refractivity contribution in [2.24, 2.45) is 0 Å². The van der Waals surface area contributed by atoms with Crippen LogP contribution in [0.1, 0.15) is 16.1 Å². The molecule has 0 fully saturated rings. The summed E-state index contributed by atoms with van der Waals surface area (Å²) in [6.45, 7) is 4.27. The van der Waals surface area contributed by atoms with Gasteiger partial charge in [0.2, 0.25) is 0 Å². The number of aryl methyl sites for hydroxylation is 2. The van der Waals surface area contributed by atoms with Crippen LogP contribution in [0.2, 0.25) is 0 Å². The molecule has 1 aromatic carbocycles. The van der Waals surface area contributed by atoms with Crippen LogP contribution in [0.3, 0.4) is 0 Å². The fourth-order valence-corrected chi connectivity index (χ4v) is 3.31. The van der Waals surface area contributed by atoms with Gasteiger partial charge in [0.25, 0.3) is 0 Å². The Morgan fingerprint density at radius 2 is 2.16 bits per heavy atom. The van der Waals surface area contributed by atoms with E-state index in [9.17, 15) is 4.79 Å². The predicted molar refractivity (Wildman–Crippen MR) is 98.1 cm³/mol. The highest BCUT2D eigenvalue weighted by Gasteiger charge is 2.13. The molecule has 0 aliphatic rings. The molecule has 25 heavy (non-hydrogen) atoms. The van der Waals surface area contributed by atoms with E-state index < -0.39 is 0 Å². The summed E-state index contributed by atoms with van der Waals surface area (Å²) in [5.74, 6) is 1.35. The van der Waals surface area contributed by atoms with Crippen LogP contribution in [-0.2, 0) is 6.54 Å². The first-order valence-electron chi connectivity index (χ1n) is 7.76. The molecule has 0 spiro atoms. The van der Waals surface area contributed by atoms with Gasteiger partial charge < -0.3 is 19.8 Å². The Morgan fingerprint density at radius 1 is 1.32 bits per heavy atom. The summed E-state index contributed by atoms with van der Waals surface area (Å²) in [5, 5.41) is 6.47. The van der Waals surface area contributed by atoms with E-state index >= 15 is 0 Å². The van der Waals surface area contributed by atoms with Crippen LogP contribution in [0.5, 0.6) is 5.75 Å². The molecule has 2 heterocycles. The molecule has 0 radical (unpaired) electrons. The van der Waals surface area contributed by atoms with Crippen molar-refractivity contribution in [3.8, 4) is 16.5 Å². The highest BCUT2D eigenvalue weighted by Crippen LogP contribution is 2.28. The molecule has 130 valence electrons. The lowest BCUT2D eigenvalue weighted by Gasteiger charge is -2.11. The number of furan rings is 1. The largest absolute Gasteiger partial charge is 0.495 e. The number of benzene rings is 1. The van der Waals surface area contributed by atoms with Gasteiger partial charge in [-0.3, -0.25) is 0 Å². The Balaban J connectivity index is 1.64. The van der Waals surface area contributed by atoms with E-state index in [1.54, 1.807) is 13.4 Å². The normalized spacial score (nSPS) is 10.5. The van der Waals surface area contributed by atoms with Gasteiger partial charge in [-0.2, -0.15) is 0 Å². The number of carbonyl (C=O) groups excluding carboxylic acids is 1. The number of rotatable bonds is 5. The molecule has 0 saturated heterocycles. The SMILES string of the molecule is COc1ccc(C)cc1NC(=O)NCc1sc(-c2ccco2)nc1C. The van der Waals surface area contributed by atoms with Gasteiger partial charge in [-0.15, -0.1) is 11.3 Å². The molecule has 7 heteroatoms. The monoisotopic (exact) mass is 357 g/mol. The molecule has 0 atom stereocenters. The number of carbonyl (C=O) groups is 1. The predicted octanol–water partition coefficient (Wildman–Crippen LogP) is 4.35. The first-order chi connectivity index (χ1) is 12.1. The first kappa shape index (κ1) is 17.0. The van der Waals surface area contributed by atoms with E-state index in [1.807, 2.05) is 44.2 Å². The van der Waals surface area contributed by atoms with E-state index in [2.05, 4.69) is 15.6 Å². The van der Waals surface area contributed by atoms with Crippen molar-refractivity contribution >= 4 is 23.1 Å². The zero-order chi connectivity index (χ0) is 17.8. The van der Waals surface area contributed by atoms with Crippen molar-refractivity contribution in [3.63, 3.8) is 0 Å². The zero-order valence-corrected chi connectivity index (χ0v) is 15.1. The number of aromatic nitrogens is 1. The van der Waals surface area contributed by atoms with Crippen LogP contribution in [0, 0.1) is 13.8 Å². The second-order valence-electron chi connectivity index (χ2n) is 5.52. The van der Waals surface area contributed by atoms with E-state index in [0.717, 1.165) is 26.9 Å². The first-order valence-corrected chi connectivity index (χ1v) is 8.58. The summed E-state index contributed by atoms with van der Waals surface area (Å²) < 4.78 is 10.6. The number of ether oxygens (including phenoxy) is 1. The maximum atomic E-state index is 12.2. The second kappa shape index (κ2) is 7.40. The van der Waals surface area contributed by atoms with Crippen molar-refractivity contribution in [2.45, 2.75) is 20.4 Å². The Kier molecular flexibility index (Phi) is 5.04. The molecule has 0 aliphatic heterocycles. The average molecular weight is 357 g/mol. The van der Waals surface area contributed by atoms with Gasteiger partial charge in [-0.25, -0.2) is 9.78 Å². The lowest BCUT2D eigenvalue weighted by molar-refractivity contribution is 0.251. The summed E-state index contributed by atoms with van der Waals surface area (Å²) in [7, 11) is 1.57. The van der Waals surface area contributed by atoms with Gasteiger partial charge in [0, 0.05) is 4.88 Å². The van der Waals surface area contributed by atoms with E-state index in [-0.39, 0.29) is 6.03 Å². The molecule has 0 saturated carbocycles.